The molecule has 28 heavy (non-hydrogen) atoms. The topological polar surface area (TPSA) is 59.9 Å². The Bertz CT molecular complexity index is 988. The number of carbonyl (C=O) groups is 1. The SMILES string of the molecule is CCCOc1ccccc1/C=N\NC(=O)COc1ccc2ccccc2c1Br. The van der Waals surface area contributed by atoms with Crippen molar-refractivity contribution in [1.29, 1.82) is 0 Å². The Kier molecular flexibility index (Phi) is 7.03. The van der Waals surface area contributed by atoms with Crippen LogP contribution < -0.4 is 14.9 Å². The van der Waals surface area contributed by atoms with Crippen molar-refractivity contribution in [2.75, 3.05) is 13.2 Å². The van der Waals surface area contributed by atoms with Gasteiger partial charge in [0.05, 0.1) is 17.3 Å². The van der Waals surface area contributed by atoms with Crippen LogP contribution in [0.3, 0.4) is 0 Å². The molecule has 0 aliphatic rings. The van der Waals surface area contributed by atoms with Gasteiger partial charge in [-0.3, -0.25) is 4.79 Å². The number of nitrogens with one attached hydrogen (secondary N) is 1. The number of halogens is 1. The molecule has 3 aromatic carbocycles. The molecular weight excluding hydrogens is 420 g/mol. The predicted octanol–water partition coefficient (Wildman–Crippen LogP) is 4.92. The number of amides is 1. The lowest BCUT2D eigenvalue weighted by Crippen LogP contribution is -2.24. The van der Waals surface area contributed by atoms with E-state index in [-0.39, 0.29) is 12.5 Å². The summed E-state index contributed by atoms with van der Waals surface area (Å²) in [5.41, 5.74) is 3.28. The molecule has 0 heterocycles. The lowest BCUT2D eigenvalue weighted by atomic mass is 10.1. The Labute approximate surface area is 172 Å². The predicted molar refractivity (Wildman–Crippen MR) is 115 cm³/mol. The molecule has 3 aromatic rings. The van der Waals surface area contributed by atoms with E-state index in [0.29, 0.717) is 12.4 Å². The van der Waals surface area contributed by atoms with Crippen molar-refractivity contribution in [1.82, 2.24) is 5.43 Å². The second-order valence-electron chi connectivity index (χ2n) is 6.07. The Morgan fingerprint density at radius 3 is 2.68 bits per heavy atom. The third kappa shape index (κ3) is 5.10. The summed E-state index contributed by atoms with van der Waals surface area (Å²) in [6.45, 7) is 2.54. The highest BCUT2D eigenvalue weighted by Crippen LogP contribution is 2.32. The van der Waals surface area contributed by atoms with Crippen LogP contribution in [-0.2, 0) is 4.79 Å². The van der Waals surface area contributed by atoms with Crippen molar-refractivity contribution >= 4 is 38.8 Å². The molecular formula is C22H21BrN2O3. The minimum Gasteiger partial charge on any atom is -0.493 e. The number of hydrogen-bond acceptors (Lipinski definition) is 4. The number of rotatable bonds is 8. The van der Waals surface area contributed by atoms with Crippen molar-refractivity contribution < 1.29 is 14.3 Å². The summed E-state index contributed by atoms with van der Waals surface area (Å²) in [5.74, 6) is 0.998. The molecule has 0 fully saturated rings. The van der Waals surface area contributed by atoms with E-state index in [4.69, 9.17) is 9.47 Å². The van der Waals surface area contributed by atoms with Gasteiger partial charge in [-0.1, -0.05) is 49.4 Å². The summed E-state index contributed by atoms with van der Waals surface area (Å²) in [4.78, 5) is 12.0. The zero-order valence-corrected chi connectivity index (χ0v) is 17.1. The standard InChI is InChI=1S/C22H21BrN2O3/c1-2-13-27-19-10-6-4-8-17(19)14-24-25-21(26)15-28-20-12-11-16-7-3-5-9-18(16)22(20)23/h3-12,14H,2,13,15H2,1H3,(H,25,26)/b24-14-. The van der Waals surface area contributed by atoms with Gasteiger partial charge in [0, 0.05) is 5.56 Å². The van der Waals surface area contributed by atoms with Crippen LogP contribution in [0.1, 0.15) is 18.9 Å². The smallest absolute Gasteiger partial charge is 0.277 e. The first-order valence-electron chi connectivity index (χ1n) is 9.03. The normalized spacial score (nSPS) is 10.9. The van der Waals surface area contributed by atoms with Gasteiger partial charge in [-0.2, -0.15) is 5.10 Å². The zero-order valence-electron chi connectivity index (χ0n) is 15.5. The maximum absolute atomic E-state index is 12.0. The molecule has 3 rings (SSSR count). The Hall–Kier alpha value is -2.86. The Morgan fingerprint density at radius 2 is 1.82 bits per heavy atom. The average molecular weight is 441 g/mol. The molecule has 5 nitrogen and oxygen atoms in total. The molecule has 0 saturated heterocycles. The van der Waals surface area contributed by atoms with Crippen molar-refractivity contribution in [3.63, 3.8) is 0 Å². The van der Waals surface area contributed by atoms with E-state index in [1.165, 1.54) is 0 Å². The van der Waals surface area contributed by atoms with Gasteiger partial charge in [-0.25, -0.2) is 5.43 Å². The maximum Gasteiger partial charge on any atom is 0.277 e. The Morgan fingerprint density at radius 1 is 1.04 bits per heavy atom. The second kappa shape index (κ2) is 9.90. The van der Waals surface area contributed by atoms with Gasteiger partial charge in [-0.15, -0.1) is 0 Å². The summed E-state index contributed by atoms with van der Waals surface area (Å²) in [7, 11) is 0. The molecule has 0 saturated carbocycles. The van der Waals surface area contributed by atoms with Crippen molar-refractivity contribution in [2.24, 2.45) is 5.10 Å². The number of benzene rings is 3. The van der Waals surface area contributed by atoms with E-state index in [9.17, 15) is 4.79 Å². The summed E-state index contributed by atoms with van der Waals surface area (Å²) >= 11 is 3.54. The van der Waals surface area contributed by atoms with Gasteiger partial charge in [0.1, 0.15) is 11.5 Å². The summed E-state index contributed by atoms with van der Waals surface area (Å²) in [6.07, 6.45) is 2.48. The van der Waals surface area contributed by atoms with Crippen LogP contribution in [0.25, 0.3) is 10.8 Å². The largest absolute Gasteiger partial charge is 0.493 e. The number of ether oxygens (including phenoxy) is 2. The summed E-state index contributed by atoms with van der Waals surface area (Å²) in [5, 5.41) is 6.13. The summed E-state index contributed by atoms with van der Waals surface area (Å²) < 4.78 is 12.1. The minimum atomic E-state index is -0.344. The maximum atomic E-state index is 12.0. The van der Waals surface area contributed by atoms with Crippen LogP contribution in [0.5, 0.6) is 11.5 Å². The van der Waals surface area contributed by atoms with E-state index in [2.05, 4.69) is 26.5 Å². The number of nitrogens with zero attached hydrogens (tertiary/aromatic N) is 1. The number of hydrogen-bond donors (Lipinski definition) is 1. The highest BCUT2D eigenvalue weighted by atomic mass is 79.9. The molecule has 1 N–H and O–H groups in total. The molecule has 144 valence electrons. The lowest BCUT2D eigenvalue weighted by Gasteiger charge is -2.10. The molecule has 0 aliphatic carbocycles. The highest BCUT2D eigenvalue weighted by molar-refractivity contribution is 9.10. The third-order valence-electron chi connectivity index (χ3n) is 3.96. The highest BCUT2D eigenvalue weighted by Gasteiger charge is 2.08. The zero-order chi connectivity index (χ0) is 19.8. The van der Waals surface area contributed by atoms with Gasteiger partial charge in [0.15, 0.2) is 6.61 Å². The van der Waals surface area contributed by atoms with Crippen molar-refractivity contribution in [3.8, 4) is 11.5 Å². The molecule has 0 aromatic heterocycles. The van der Waals surface area contributed by atoms with Gasteiger partial charge >= 0.3 is 0 Å². The first-order chi connectivity index (χ1) is 13.7. The number of fused-ring (bicyclic) bond motifs is 1. The van der Waals surface area contributed by atoms with Crippen LogP contribution in [0.2, 0.25) is 0 Å². The van der Waals surface area contributed by atoms with Gasteiger partial charge in [0.25, 0.3) is 5.91 Å². The molecule has 0 bridgehead atoms. The van der Waals surface area contributed by atoms with E-state index < -0.39 is 0 Å². The van der Waals surface area contributed by atoms with Crippen LogP contribution in [-0.4, -0.2) is 25.3 Å². The summed E-state index contributed by atoms with van der Waals surface area (Å²) in [6, 6.07) is 19.3. The molecule has 0 radical (unpaired) electrons. The fourth-order valence-corrected chi connectivity index (χ4v) is 3.21. The third-order valence-corrected chi connectivity index (χ3v) is 4.78. The van der Waals surface area contributed by atoms with Crippen LogP contribution in [0.15, 0.2) is 70.2 Å². The molecule has 0 spiro atoms. The fourth-order valence-electron chi connectivity index (χ4n) is 2.61. The molecule has 0 aliphatic heterocycles. The monoisotopic (exact) mass is 440 g/mol. The van der Waals surface area contributed by atoms with Crippen LogP contribution in [0, 0.1) is 0 Å². The van der Waals surface area contributed by atoms with Crippen LogP contribution in [0.4, 0.5) is 0 Å². The Balaban J connectivity index is 1.57. The minimum absolute atomic E-state index is 0.137. The molecule has 6 heteroatoms. The molecule has 0 atom stereocenters. The molecule has 0 unspecified atom stereocenters. The van der Waals surface area contributed by atoms with Crippen molar-refractivity contribution in [2.45, 2.75) is 13.3 Å². The van der Waals surface area contributed by atoms with Crippen LogP contribution >= 0.6 is 15.9 Å². The van der Waals surface area contributed by atoms with Gasteiger partial charge in [-0.05, 0) is 51.3 Å². The van der Waals surface area contributed by atoms with E-state index >= 15 is 0 Å². The van der Waals surface area contributed by atoms with Gasteiger partial charge < -0.3 is 9.47 Å². The molecule has 1 amide bonds. The average Bonchev–Trinajstić information content (AvgIpc) is 2.73. The number of carbonyl (C=O) groups excluding carboxylic acids is 1. The van der Waals surface area contributed by atoms with Gasteiger partial charge in [0.2, 0.25) is 0 Å². The lowest BCUT2D eigenvalue weighted by molar-refractivity contribution is -0.123. The number of hydrazone groups is 1. The fraction of sp³-hybridized carbons (Fsp3) is 0.182. The van der Waals surface area contributed by atoms with E-state index in [1.54, 1.807) is 6.21 Å². The van der Waals surface area contributed by atoms with E-state index in [0.717, 1.165) is 33.0 Å². The van der Waals surface area contributed by atoms with Crippen molar-refractivity contribution in [3.05, 3.63) is 70.7 Å². The first kappa shape index (κ1) is 19.9. The first-order valence-corrected chi connectivity index (χ1v) is 9.82. The second-order valence-corrected chi connectivity index (χ2v) is 6.86. The van der Waals surface area contributed by atoms with E-state index in [1.807, 2.05) is 67.6 Å². The number of para-hydroxylation sites is 1. The quantitative estimate of drug-likeness (QED) is 0.399.